The monoisotopic (exact) mass is 360 g/mol. The number of hydrogen-bond donors (Lipinski definition) is 2. The fraction of sp³-hybridized carbons (Fsp3) is 0.176. The molecule has 2 heterocycles. The van der Waals surface area contributed by atoms with Gasteiger partial charge in [0.1, 0.15) is 4.32 Å². The van der Waals surface area contributed by atoms with Crippen molar-refractivity contribution in [3.63, 3.8) is 0 Å². The first-order valence-corrected chi connectivity index (χ1v) is 8.52. The molecule has 5 nitrogen and oxygen atoms in total. The molecule has 0 aliphatic carbocycles. The lowest BCUT2D eigenvalue weighted by Crippen LogP contribution is -2.22. The van der Waals surface area contributed by atoms with Crippen LogP contribution in [0.15, 0.2) is 47.5 Å². The lowest BCUT2D eigenvalue weighted by molar-refractivity contribution is -0.121. The maximum Gasteiger partial charge on any atom is 0.265 e. The topological polar surface area (TPSA) is 65.7 Å². The molecule has 1 amide bonds. The van der Waals surface area contributed by atoms with Crippen molar-refractivity contribution < 1.29 is 15.0 Å². The van der Waals surface area contributed by atoms with Crippen molar-refractivity contribution >= 4 is 40.3 Å². The van der Waals surface area contributed by atoms with Crippen LogP contribution in [0.5, 0.6) is 0 Å². The summed E-state index contributed by atoms with van der Waals surface area (Å²) in [5.41, 5.74) is 2.64. The summed E-state index contributed by atoms with van der Waals surface area (Å²) in [6.45, 7) is 0. The zero-order valence-electron chi connectivity index (χ0n) is 12.9. The van der Waals surface area contributed by atoms with Gasteiger partial charge in [-0.3, -0.25) is 9.69 Å². The van der Waals surface area contributed by atoms with Crippen LogP contribution in [-0.2, 0) is 11.2 Å². The van der Waals surface area contributed by atoms with E-state index in [0.717, 1.165) is 16.9 Å². The molecule has 1 fully saturated rings. The van der Waals surface area contributed by atoms with E-state index in [9.17, 15) is 4.79 Å². The Balaban J connectivity index is 1.88. The summed E-state index contributed by atoms with van der Waals surface area (Å²) in [6, 6.07) is 11.3. The number of likely N-dealkylation sites (N-methyl/N-ethyl adjacent to an activating group) is 1. The van der Waals surface area contributed by atoms with E-state index in [-0.39, 0.29) is 12.3 Å². The standard InChI is InChI=1S/C17H16N2O3S2/c1-18-16(22)14(24-17(18)23)10-13-3-2-8-19(13)12-6-4-11(5-7-12)9-15(20)21/h2-8,10,15,20-21H,9H2,1H3/b14-10-. The van der Waals surface area contributed by atoms with Gasteiger partial charge < -0.3 is 14.8 Å². The lowest BCUT2D eigenvalue weighted by Gasteiger charge is -2.09. The fourth-order valence-corrected chi connectivity index (χ4v) is 3.59. The van der Waals surface area contributed by atoms with Crippen LogP contribution in [0.4, 0.5) is 0 Å². The van der Waals surface area contributed by atoms with Crippen LogP contribution in [0.1, 0.15) is 11.3 Å². The first-order chi connectivity index (χ1) is 11.5. The maximum absolute atomic E-state index is 12.1. The normalized spacial score (nSPS) is 16.7. The number of nitrogens with zero attached hydrogens (tertiary/aromatic N) is 2. The highest BCUT2D eigenvalue weighted by molar-refractivity contribution is 8.26. The Morgan fingerprint density at radius 3 is 2.54 bits per heavy atom. The number of carbonyl (C=O) groups excluding carboxylic acids is 1. The van der Waals surface area contributed by atoms with Crippen molar-refractivity contribution in [1.29, 1.82) is 0 Å². The number of thioether (sulfide) groups is 1. The Hall–Kier alpha value is -1.93. The maximum atomic E-state index is 12.1. The minimum atomic E-state index is -1.35. The number of aliphatic hydroxyl groups excluding tert-OH is 1. The van der Waals surface area contributed by atoms with E-state index < -0.39 is 6.29 Å². The molecule has 0 spiro atoms. The molecule has 124 valence electrons. The van der Waals surface area contributed by atoms with E-state index >= 15 is 0 Å². The Morgan fingerprint density at radius 1 is 1.25 bits per heavy atom. The summed E-state index contributed by atoms with van der Waals surface area (Å²) in [6.07, 6.45) is 2.58. The highest BCUT2D eigenvalue weighted by atomic mass is 32.2. The first-order valence-electron chi connectivity index (χ1n) is 7.30. The van der Waals surface area contributed by atoms with E-state index in [2.05, 4.69) is 0 Å². The smallest absolute Gasteiger partial charge is 0.265 e. The minimum absolute atomic E-state index is 0.0926. The molecule has 0 unspecified atom stereocenters. The average molecular weight is 360 g/mol. The fourth-order valence-electron chi connectivity index (χ4n) is 2.43. The second-order valence-electron chi connectivity index (χ2n) is 5.39. The molecule has 1 saturated heterocycles. The van der Waals surface area contributed by atoms with Gasteiger partial charge >= 0.3 is 0 Å². The zero-order valence-corrected chi connectivity index (χ0v) is 14.5. The quantitative estimate of drug-likeness (QED) is 0.497. The average Bonchev–Trinajstić information content (AvgIpc) is 3.09. The Kier molecular flexibility index (Phi) is 4.86. The number of carbonyl (C=O) groups is 1. The first kappa shape index (κ1) is 16.9. The molecule has 0 atom stereocenters. The molecule has 7 heteroatoms. The van der Waals surface area contributed by atoms with Crippen LogP contribution < -0.4 is 0 Å². The van der Waals surface area contributed by atoms with Crippen molar-refractivity contribution in [2.75, 3.05) is 7.05 Å². The zero-order chi connectivity index (χ0) is 17.3. The number of aliphatic hydroxyl groups is 2. The second-order valence-corrected chi connectivity index (χ2v) is 7.07. The summed E-state index contributed by atoms with van der Waals surface area (Å²) < 4.78 is 2.51. The molecule has 1 aliphatic rings. The van der Waals surface area contributed by atoms with Gasteiger partial charge in [0, 0.05) is 31.0 Å². The van der Waals surface area contributed by atoms with Gasteiger partial charge in [-0.1, -0.05) is 36.1 Å². The Morgan fingerprint density at radius 2 is 1.96 bits per heavy atom. The van der Waals surface area contributed by atoms with Gasteiger partial charge in [0.25, 0.3) is 5.91 Å². The molecule has 1 aliphatic heterocycles. The minimum Gasteiger partial charge on any atom is -0.368 e. The third-order valence-corrected chi connectivity index (χ3v) is 5.16. The van der Waals surface area contributed by atoms with Gasteiger partial charge in [-0.2, -0.15) is 0 Å². The van der Waals surface area contributed by atoms with Gasteiger partial charge in [0.2, 0.25) is 0 Å². The van der Waals surface area contributed by atoms with Crippen molar-refractivity contribution in [2.45, 2.75) is 12.7 Å². The number of amides is 1. The van der Waals surface area contributed by atoms with Crippen LogP contribution in [0, 0.1) is 0 Å². The van der Waals surface area contributed by atoms with Crippen LogP contribution >= 0.6 is 24.0 Å². The van der Waals surface area contributed by atoms with Crippen LogP contribution in [0.3, 0.4) is 0 Å². The number of aromatic nitrogens is 1. The van der Waals surface area contributed by atoms with Gasteiger partial charge in [0.05, 0.1) is 4.91 Å². The predicted molar refractivity (Wildman–Crippen MR) is 98.6 cm³/mol. The molecule has 24 heavy (non-hydrogen) atoms. The van der Waals surface area contributed by atoms with Crippen LogP contribution in [0.25, 0.3) is 11.8 Å². The summed E-state index contributed by atoms with van der Waals surface area (Å²) in [7, 11) is 1.67. The molecule has 0 radical (unpaired) electrons. The van der Waals surface area contributed by atoms with Gasteiger partial charge in [0.15, 0.2) is 6.29 Å². The van der Waals surface area contributed by atoms with E-state index in [1.165, 1.54) is 16.7 Å². The molecule has 0 saturated carbocycles. The highest BCUT2D eigenvalue weighted by Crippen LogP contribution is 2.31. The van der Waals surface area contributed by atoms with Gasteiger partial charge in [-0.25, -0.2) is 0 Å². The Bertz CT molecular complexity index is 809. The third kappa shape index (κ3) is 3.44. The van der Waals surface area contributed by atoms with Crippen molar-refractivity contribution in [1.82, 2.24) is 9.47 Å². The van der Waals surface area contributed by atoms with E-state index in [1.807, 2.05) is 53.2 Å². The van der Waals surface area contributed by atoms with Gasteiger partial charge in [-0.15, -0.1) is 0 Å². The number of thiocarbonyl (C=S) groups is 1. The van der Waals surface area contributed by atoms with Crippen molar-refractivity contribution in [2.24, 2.45) is 0 Å². The number of rotatable bonds is 4. The second kappa shape index (κ2) is 6.90. The molecule has 1 aromatic carbocycles. The number of benzene rings is 1. The molecule has 0 bridgehead atoms. The van der Waals surface area contributed by atoms with Crippen LogP contribution in [-0.4, -0.2) is 43.2 Å². The van der Waals surface area contributed by atoms with Crippen molar-refractivity contribution in [3.8, 4) is 5.69 Å². The summed E-state index contributed by atoms with van der Waals surface area (Å²) >= 11 is 6.44. The largest absolute Gasteiger partial charge is 0.368 e. The third-order valence-electron chi connectivity index (χ3n) is 3.68. The molecular weight excluding hydrogens is 344 g/mol. The van der Waals surface area contributed by atoms with E-state index in [1.54, 1.807) is 7.05 Å². The van der Waals surface area contributed by atoms with Crippen molar-refractivity contribution in [3.05, 3.63) is 58.8 Å². The summed E-state index contributed by atoms with van der Waals surface area (Å²) in [4.78, 5) is 14.2. The molecule has 2 N–H and O–H groups in total. The molecule has 1 aromatic heterocycles. The van der Waals surface area contributed by atoms with Gasteiger partial charge in [-0.05, 0) is 35.9 Å². The molecular formula is C17H16N2O3S2. The molecule has 2 aromatic rings. The Labute approximate surface area is 149 Å². The predicted octanol–water partition coefficient (Wildman–Crippen LogP) is 2.16. The highest BCUT2D eigenvalue weighted by Gasteiger charge is 2.28. The summed E-state index contributed by atoms with van der Waals surface area (Å²) in [5.74, 6) is -0.0926. The SMILES string of the molecule is CN1C(=O)/C(=C/c2cccn2-c2ccc(CC(O)O)cc2)SC1=S. The molecule has 3 rings (SSSR count). The summed E-state index contributed by atoms with van der Waals surface area (Å²) in [5, 5.41) is 18.0. The van der Waals surface area contributed by atoms with Crippen LogP contribution in [0.2, 0.25) is 0 Å². The number of hydrogen-bond acceptors (Lipinski definition) is 5. The lowest BCUT2D eigenvalue weighted by atomic mass is 10.1. The van der Waals surface area contributed by atoms with E-state index in [4.69, 9.17) is 22.4 Å². The van der Waals surface area contributed by atoms with E-state index in [0.29, 0.717) is 9.23 Å².